The smallest absolute Gasteiger partial charge is 0.317 e. The second kappa shape index (κ2) is 8.43. The molecular weight excluding hydrogens is 354 g/mol. The number of para-hydroxylation sites is 2. The van der Waals surface area contributed by atoms with Gasteiger partial charge in [0.05, 0.1) is 17.6 Å². The third-order valence-corrected chi connectivity index (χ3v) is 5.25. The monoisotopic (exact) mass is 381 g/mol. The van der Waals surface area contributed by atoms with Gasteiger partial charge < -0.3 is 19.8 Å². The van der Waals surface area contributed by atoms with E-state index in [1.165, 1.54) is 0 Å². The molecule has 0 aliphatic carbocycles. The van der Waals surface area contributed by atoms with Crippen molar-refractivity contribution in [3.8, 4) is 0 Å². The number of aromatic amines is 1. The zero-order chi connectivity index (χ0) is 19.3. The van der Waals surface area contributed by atoms with Crippen LogP contribution in [0.15, 0.2) is 36.7 Å². The molecule has 0 unspecified atom stereocenters. The van der Waals surface area contributed by atoms with Crippen LogP contribution in [0.4, 0.5) is 4.79 Å². The molecule has 1 saturated heterocycles. The Morgan fingerprint density at radius 2 is 2.04 bits per heavy atom. The van der Waals surface area contributed by atoms with Gasteiger partial charge in [-0.3, -0.25) is 4.90 Å². The Bertz CT molecular complexity index is 890. The highest BCUT2D eigenvalue weighted by molar-refractivity contribution is 5.75. The van der Waals surface area contributed by atoms with Crippen molar-refractivity contribution in [2.45, 2.75) is 19.4 Å². The summed E-state index contributed by atoms with van der Waals surface area (Å²) in [6.07, 6.45) is 5.48. The largest absolute Gasteiger partial charge is 0.342 e. The average molecular weight is 381 g/mol. The van der Waals surface area contributed by atoms with E-state index in [1.54, 1.807) is 0 Å². The number of H-pyrrole nitrogens is 1. The Labute approximate surface area is 164 Å². The van der Waals surface area contributed by atoms with Gasteiger partial charge in [0, 0.05) is 58.6 Å². The van der Waals surface area contributed by atoms with Crippen molar-refractivity contribution in [2.24, 2.45) is 7.05 Å². The van der Waals surface area contributed by atoms with Crippen LogP contribution < -0.4 is 5.32 Å². The van der Waals surface area contributed by atoms with E-state index >= 15 is 0 Å². The van der Waals surface area contributed by atoms with Gasteiger partial charge in [0.25, 0.3) is 0 Å². The van der Waals surface area contributed by atoms with Crippen molar-refractivity contribution in [1.82, 2.24) is 34.6 Å². The first-order valence-corrected chi connectivity index (χ1v) is 9.84. The lowest BCUT2D eigenvalue weighted by Crippen LogP contribution is -2.51. The summed E-state index contributed by atoms with van der Waals surface area (Å²) in [4.78, 5) is 28.9. The van der Waals surface area contributed by atoms with E-state index in [2.05, 4.69) is 25.2 Å². The number of urea groups is 1. The molecule has 0 bridgehead atoms. The molecule has 0 saturated carbocycles. The molecule has 0 radical (unpaired) electrons. The molecule has 1 fully saturated rings. The Balaban J connectivity index is 1.16. The van der Waals surface area contributed by atoms with E-state index in [1.807, 2.05) is 53.2 Å². The number of aromatic nitrogens is 4. The molecule has 2 N–H and O–H groups in total. The SMILES string of the molecule is Cn1ccnc1CN1CCN(C(=O)NCCCc2nc3ccccc3[nH]2)CC1. The molecule has 3 heterocycles. The fourth-order valence-corrected chi connectivity index (χ4v) is 3.54. The average Bonchev–Trinajstić information content (AvgIpc) is 3.31. The zero-order valence-electron chi connectivity index (χ0n) is 16.3. The minimum Gasteiger partial charge on any atom is -0.342 e. The van der Waals surface area contributed by atoms with Crippen LogP contribution in [0, 0.1) is 0 Å². The van der Waals surface area contributed by atoms with Crippen molar-refractivity contribution < 1.29 is 4.79 Å². The minimum absolute atomic E-state index is 0.0289. The molecule has 2 aromatic heterocycles. The minimum atomic E-state index is 0.0289. The number of nitrogens with zero attached hydrogens (tertiary/aromatic N) is 5. The van der Waals surface area contributed by atoms with Crippen LogP contribution in [0.25, 0.3) is 11.0 Å². The first-order valence-electron chi connectivity index (χ1n) is 9.84. The van der Waals surface area contributed by atoms with E-state index in [0.29, 0.717) is 6.54 Å². The fourth-order valence-electron chi connectivity index (χ4n) is 3.54. The maximum atomic E-state index is 12.4. The normalized spacial score (nSPS) is 15.2. The molecule has 0 spiro atoms. The fraction of sp³-hybridized carbons (Fsp3) is 0.450. The predicted octanol–water partition coefficient (Wildman–Crippen LogP) is 1.76. The quantitative estimate of drug-likeness (QED) is 0.638. The highest BCUT2D eigenvalue weighted by atomic mass is 16.2. The molecule has 1 aliphatic rings. The van der Waals surface area contributed by atoms with Crippen LogP contribution in [0.5, 0.6) is 0 Å². The topological polar surface area (TPSA) is 82.1 Å². The molecule has 3 aromatic rings. The molecule has 4 rings (SSSR count). The molecule has 8 nitrogen and oxygen atoms in total. The van der Waals surface area contributed by atoms with Gasteiger partial charge in [-0.1, -0.05) is 12.1 Å². The summed E-state index contributed by atoms with van der Waals surface area (Å²) in [7, 11) is 2.01. The first kappa shape index (κ1) is 18.5. The van der Waals surface area contributed by atoms with Crippen molar-refractivity contribution in [2.75, 3.05) is 32.7 Å². The van der Waals surface area contributed by atoms with Gasteiger partial charge in [-0.15, -0.1) is 0 Å². The number of carbonyl (C=O) groups excluding carboxylic acids is 1. The van der Waals surface area contributed by atoms with Crippen molar-refractivity contribution in [3.63, 3.8) is 0 Å². The standard InChI is InChI=1S/C20H27N7O/c1-25-10-9-21-19(25)15-26-11-13-27(14-12-26)20(28)22-8-4-7-18-23-16-5-2-3-6-17(16)24-18/h2-3,5-6,9-10H,4,7-8,11-15H2,1H3,(H,22,28)(H,23,24). The van der Waals surface area contributed by atoms with E-state index < -0.39 is 0 Å². The number of hydrogen-bond donors (Lipinski definition) is 2. The summed E-state index contributed by atoms with van der Waals surface area (Å²) in [5, 5.41) is 3.04. The second-order valence-electron chi connectivity index (χ2n) is 7.25. The predicted molar refractivity (Wildman–Crippen MR) is 108 cm³/mol. The number of fused-ring (bicyclic) bond motifs is 1. The molecule has 148 valence electrons. The summed E-state index contributed by atoms with van der Waals surface area (Å²) in [6.45, 7) is 4.73. The Hall–Kier alpha value is -2.87. The highest BCUT2D eigenvalue weighted by Gasteiger charge is 2.21. The van der Waals surface area contributed by atoms with Crippen molar-refractivity contribution in [1.29, 1.82) is 0 Å². The number of nitrogens with one attached hydrogen (secondary N) is 2. The van der Waals surface area contributed by atoms with E-state index in [9.17, 15) is 4.79 Å². The molecular formula is C20H27N7O. The molecule has 0 atom stereocenters. The summed E-state index contributed by atoms with van der Waals surface area (Å²) in [5.41, 5.74) is 2.05. The molecule has 2 amide bonds. The van der Waals surface area contributed by atoms with E-state index in [-0.39, 0.29) is 6.03 Å². The van der Waals surface area contributed by atoms with Gasteiger partial charge in [0.2, 0.25) is 0 Å². The first-order chi connectivity index (χ1) is 13.7. The van der Waals surface area contributed by atoms with Gasteiger partial charge in [-0.25, -0.2) is 14.8 Å². The summed E-state index contributed by atoms with van der Waals surface area (Å²) in [5.74, 6) is 2.03. The van der Waals surface area contributed by atoms with Crippen molar-refractivity contribution in [3.05, 3.63) is 48.3 Å². The number of piperazine rings is 1. The summed E-state index contributed by atoms with van der Waals surface area (Å²) in [6, 6.07) is 8.05. The van der Waals surface area contributed by atoms with Gasteiger partial charge in [0.1, 0.15) is 11.6 Å². The number of benzene rings is 1. The van der Waals surface area contributed by atoms with Crippen LogP contribution >= 0.6 is 0 Å². The number of hydrogen-bond acceptors (Lipinski definition) is 4. The molecule has 1 aromatic carbocycles. The summed E-state index contributed by atoms with van der Waals surface area (Å²) >= 11 is 0. The van der Waals surface area contributed by atoms with Crippen molar-refractivity contribution >= 4 is 17.1 Å². The third kappa shape index (κ3) is 4.33. The van der Waals surface area contributed by atoms with Crippen LogP contribution in [0.3, 0.4) is 0 Å². The Morgan fingerprint density at radius 1 is 1.21 bits per heavy atom. The number of rotatable bonds is 6. The Morgan fingerprint density at radius 3 is 2.79 bits per heavy atom. The molecule has 8 heteroatoms. The van der Waals surface area contributed by atoms with Gasteiger partial charge in [-0.2, -0.15) is 0 Å². The third-order valence-electron chi connectivity index (χ3n) is 5.25. The van der Waals surface area contributed by atoms with Crippen LogP contribution in [0.2, 0.25) is 0 Å². The number of aryl methyl sites for hydroxylation is 2. The number of imidazole rings is 2. The Kier molecular flexibility index (Phi) is 5.57. The number of amides is 2. The second-order valence-corrected chi connectivity index (χ2v) is 7.25. The highest BCUT2D eigenvalue weighted by Crippen LogP contribution is 2.11. The molecule has 28 heavy (non-hydrogen) atoms. The maximum Gasteiger partial charge on any atom is 0.317 e. The van der Waals surface area contributed by atoms with Gasteiger partial charge in [0.15, 0.2) is 0 Å². The zero-order valence-corrected chi connectivity index (χ0v) is 16.3. The van der Waals surface area contributed by atoms with Gasteiger partial charge in [-0.05, 0) is 18.6 Å². The van der Waals surface area contributed by atoms with E-state index in [4.69, 9.17) is 0 Å². The lowest BCUT2D eigenvalue weighted by Gasteiger charge is -2.34. The van der Waals surface area contributed by atoms with Gasteiger partial charge >= 0.3 is 6.03 Å². The van der Waals surface area contributed by atoms with E-state index in [0.717, 1.165) is 68.2 Å². The van der Waals surface area contributed by atoms with Crippen LogP contribution in [-0.4, -0.2) is 68.1 Å². The molecule has 1 aliphatic heterocycles. The lowest BCUT2D eigenvalue weighted by atomic mass is 10.3. The van der Waals surface area contributed by atoms with Crippen LogP contribution in [0.1, 0.15) is 18.1 Å². The lowest BCUT2D eigenvalue weighted by molar-refractivity contribution is 0.133. The maximum absolute atomic E-state index is 12.4. The summed E-state index contributed by atoms with van der Waals surface area (Å²) < 4.78 is 2.04. The number of carbonyl (C=O) groups is 1. The van der Waals surface area contributed by atoms with Crippen LogP contribution in [-0.2, 0) is 20.0 Å².